The molecule has 0 radical (unpaired) electrons. The lowest BCUT2D eigenvalue weighted by Gasteiger charge is -2.08. The van der Waals surface area contributed by atoms with Crippen molar-refractivity contribution in [2.75, 3.05) is 11.9 Å². The van der Waals surface area contributed by atoms with Crippen LogP contribution in [0.4, 0.5) is 5.88 Å². The molecule has 0 fully saturated rings. The summed E-state index contributed by atoms with van der Waals surface area (Å²) in [6, 6.07) is 0. The van der Waals surface area contributed by atoms with Crippen LogP contribution in [0.1, 0.15) is 24.6 Å². The Balaban J connectivity index is 2.62. The second-order valence-electron chi connectivity index (χ2n) is 3.69. The van der Waals surface area contributed by atoms with Gasteiger partial charge in [-0.3, -0.25) is 10.1 Å². The highest BCUT2D eigenvalue weighted by Crippen LogP contribution is 2.18. The van der Waals surface area contributed by atoms with Crippen molar-refractivity contribution >= 4 is 11.8 Å². The highest BCUT2D eigenvalue weighted by molar-refractivity contribution is 5.91. The lowest BCUT2D eigenvalue weighted by molar-refractivity contribution is -0.119. The molecule has 0 bridgehead atoms. The van der Waals surface area contributed by atoms with Crippen LogP contribution < -0.4 is 11.1 Å². The van der Waals surface area contributed by atoms with Gasteiger partial charge in [-0.25, -0.2) is 0 Å². The zero-order valence-corrected chi connectivity index (χ0v) is 9.33. The van der Waals surface area contributed by atoms with Crippen molar-refractivity contribution in [3.05, 3.63) is 11.3 Å². The van der Waals surface area contributed by atoms with Gasteiger partial charge >= 0.3 is 0 Å². The lowest BCUT2D eigenvalue weighted by atomic mass is 10.1. The maximum Gasteiger partial charge on any atom is 0.234 e. The topological polar surface area (TPSA) is 81.2 Å². The molecule has 3 N–H and O–H groups in total. The minimum absolute atomic E-state index is 0.0836. The summed E-state index contributed by atoms with van der Waals surface area (Å²) in [6.07, 6.45) is 0.665. The van der Waals surface area contributed by atoms with Gasteiger partial charge in [-0.2, -0.15) is 0 Å². The first-order chi connectivity index (χ1) is 7.06. The Kier molecular flexibility index (Phi) is 3.85. The fourth-order valence-corrected chi connectivity index (χ4v) is 1.15. The summed E-state index contributed by atoms with van der Waals surface area (Å²) in [5, 5.41) is 6.45. The number of nitrogens with zero attached hydrogens (tertiary/aromatic N) is 1. The Morgan fingerprint density at radius 2 is 2.27 bits per heavy atom. The molecule has 84 valence electrons. The Morgan fingerprint density at radius 3 is 2.73 bits per heavy atom. The standard InChI is InChI=1S/C10H17N3O2/c1-6(4-5-11)9(14)12-10-7(2)8(3)13-15-10/h6H,4-5,11H2,1-3H3,(H,12,14). The predicted octanol–water partition coefficient (Wildman–Crippen LogP) is 1.21. The molecule has 0 spiro atoms. The summed E-state index contributed by atoms with van der Waals surface area (Å²) in [5.41, 5.74) is 7.03. The Labute approximate surface area is 89.0 Å². The summed E-state index contributed by atoms with van der Waals surface area (Å²) in [4.78, 5) is 11.6. The number of hydrogen-bond acceptors (Lipinski definition) is 4. The molecule has 0 aromatic carbocycles. The van der Waals surface area contributed by atoms with Crippen LogP contribution in [0.2, 0.25) is 0 Å². The van der Waals surface area contributed by atoms with Crippen LogP contribution in [0.15, 0.2) is 4.52 Å². The minimum atomic E-state index is -0.111. The monoisotopic (exact) mass is 211 g/mol. The van der Waals surface area contributed by atoms with Crippen molar-refractivity contribution in [1.29, 1.82) is 0 Å². The molecule has 15 heavy (non-hydrogen) atoms. The van der Waals surface area contributed by atoms with Gasteiger partial charge in [-0.1, -0.05) is 12.1 Å². The van der Waals surface area contributed by atoms with Gasteiger partial charge in [0.2, 0.25) is 11.8 Å². The zero-order chi connectivity index (χ0) is 11.4. The number of hydrogen-bond donors (Lipinski definition) is 2. The number of nitrogens with two attached hydrogens (primary N) is 1. The van der Waals surface area contributed by atoms with Gasteiger partial charge in [0.15, 0.2) is 0 Å². The molecule has 1 aromatic rings. The molecule has 0 aliphatic rings. The second kappa shape index (κ2) is 4.93. The third-order valence-electron chi connectivity index (χ3n) is 2.44. The molecule has 0 aliphatic carbocycles. The maximum atomic E-state index is 11.6. The van der Waals surface area contributed by atoms with E-state index in [1.54, 1.807) is 0 Å². The Hall–Kier alpha value is -1.36. The molecular formula is C10H17N3O2. The van der Waals surface area contributed by atoms with Crippen LogP contribution in [-0.4, -0.2) is 17.6 Å². The first-order valence-corrected chi connectivity index (χ1v) is 5.00. The number of amides is 1. The molecule has 1 aromatic heterocycles. The molecule has 1 heterocycles. The molecule has 1 atom stereocenters. The van der Waals surface area contributed by atoms with Crippen LogP contribution in [0.5, 0.6) is 0 Å². The van der Waals surface area contributed by atoms with Gasteiger partial charge in [-0.05, 0) is 26.8 Å². The third kappa shape index (κ3) is 2.79. The zero-order valence-electron chi connectivity index (χ0n) is 9.33. The molecule has 5 nitrogen and oxygen atoms in total. The second-order valence-corrected chi connectivity index (χ2v) is 3.69. The minimum Gasteiger partial charge on any atom is -0.338 e. The number of aryl methyl sites for hydroxylation is 1. The maximum absolute atomic E-state index is 11.6. The Bertz CT molecular complexity index is 346. The van der Waals surface area contributed by atoms with E-state index in [-0.39, 0.29) is 11.8 Å². The first-order valence-electron chi connectivity index (χ1n) is 5.00. The van der Waals surface area contributed by atoms with E-state index in [1.807, 2.05) is 20.8 Å². The van der Waals surface area contributed by atoms with E-state index in [2.05, 4.69) is 10.5 Å². The average molecular weight is 211 g/mol. The van der Waals surface area contributed by atoms with Gasteiger partial charge in [0.05, 0.1) is 5.69 Å². The van der Waals surface area contributed by atoms with Gasteiger partial charge < -0.3 is 10.3 Å². The fraction of sp³-hybridized carbons (Fsp3) is 0.600. The number of anilines is 1. The van der Waals surface area contributed by atoms with Crippen LogP contribution in [0.3, 0.4) is 0 Å². The van der Waals surface area contributed by atoms with E-state index in [0.29, 0.717) is 18.8 Å². The highest BCUT2D eigenvalue weighted by Gasteiger charge is 2.16. The molecule has 1 rings (SSSR count). The molecule has 1 amide bonds. The van der Waals surface area contributed by atoms with E-state index in [4.69, 9.17) is 10.3 Å². The van der Waals surface area contributed by atoms with E-state index in [0.717, 1.165) is 11.3 Å². The number of carbonyl (C=O) groups excluding carboxylic acids is 1. The molecule has 1 unspecified atom stereocenters. The smallest absolute Gasteiger partial charge is 0.234 e. The van der Waals surface area contributed by atoms with E-state index < -0.39 is 0 Å². The van der Waals surface area contributed by atoms with Gasteiger partial charge in [0.25, 0.3) is 0 Å². The summed E-state index contributed by atoms with van der Waals surface area (Å²) in [6.45, 7) is 6.02. The highest BCUT2D eigenvalue weighted by atomic mass is 16.5. The number of rotatable bonds is 4. The van der Waals surface area contributed by atoms with Gasteiger partial charge in [0, 0.05) is 11.5 Å². The van der Waals surface area contributed by atoms with Crippen molar-refractivity contribution in [2.45, 2.75) is 27.2 Å². The summed E-state index contributed by atoms with van der Waals surface area (Å²) in [7, 11) is 0. The molecule has 0 saturated carbocycles. The molecule has 0 saturated heterocycles. The van der Waals surface area contributed by atoms with Gasteiger partial charge in [0.1, 0.15) is 0 Å². The van der Waals surface area contributed by atoms with E-state index in [9.17, 15) is 4.79 Å². The quantitative estimate of drug-likeness (QED) is 0.784. The van der Waals surface area contributed by atoms with Crippen LogP contribution in [-0.2, 0) is 4.79 Å². The van der Waals surface area contributed by atoms with Gasteiger partial charge in [-0.15, -0.1) is 0 Å². The van der Waals surface area contributed by atoms with Crippen molar-refractivity contribution in [3.63, 3.8) is 0 Å². The van der Waals surface area contributed by atoms with E-state index >= 15 is 0 Å². The van der Waals surface area contributed by atoms with Crippen molar-refractivity contribution in [2.24, 2.45) is 11.7 Å². The van der Waals surface area contributed by atoms with E-state index in [1.165, 1.54) is 0 Å². The molecule has 5 heteroatoms. The lowest BCUT2D eigenvalue weighted by Crippen LogP contribution is -2.22. The number of aromatic nitrogens is 1. The fourth-order valence-electron chi connectivity index (χ4n) is 1.15. The van der Waals surface area contributed by atoms with Crippen molar-refractivity contribution in [3.8, 4) is 0 Å². The summed E-state index contributed by atoms with van der Waals surface area (Å²) >= 11 is 0. The average Bonchev–Trinajstić information content (AvgIpc) is 2.50. The number of nitrogens with one attached hydrogen (secondary N) is 1. The van der Waals surface area contributed by atoms with Crippen LogP contribution in [0.25, 0.3) is 0 Å². The normalized spacial score (nSPS) is 12.5. The third-order valence-corrected chi connectivity index (χ3v) is 2.44. The van der Waals surface area contributed by atoms with Crippen molar-refractivity contribution < 1.29 is 9.32 Å². The Morgan fingerprint density at radius 1 is 1.60 bits per heavy atom. The number of carbonyl (C=O) groups is 1. The SMILES string of the molecule is Cc1noc(NC(=O)C(C)CCN)c1C. The van der Waals surface area contributed by atoms with Crippen LogP contribution in [0, 0.1) is 19.8 Å². The van der Waals surface area contributed by atoms with Crippen molar-refractivity contribution in [1.82, 2.24) is 5.16 Å². The molecule has 0 aliphatic heterocycles. The summed E-state index contributed by atoms with van der Waals surface area (Å²) in [5.74, 6) is 0.237. The summed E-state index contributed by atoms with van der Waals surface area (Å²) < 4.78 is 4.98. The largest absolute Gasteiger partial charge is 0.338 e. The van der Waals surface area contributed by atoms with Crippen LogP contribution >= 0.6 is 0 Å². The first kappa shape index (κ1) is 11.7. The predicted molar refractivity (Wildman–Crippen MR) is 57.4 cm³/mol. The molecular weight excluding hydrogens is 194 g/mol.